The van der Waals surface area contributed by atoms with Crippen LogP contribution in [0.2, 0.25) is 0 Å². The zero-order chi connectivity index (χ0) is 15.2. The molecule has 0 fully saturated rings. The summed E-state index contributed by atoms with van der Waals surface area (Å²) in [6.45, 7) is 2.44. The summed E-state index contributed by atoms with van der Waals surface area (Å²) < 4.78 is 12.2. The van der Waals surface area contributed by atoms with Crippen molar-refractivity contribution in [2.75, 3.05) is 6.61 Å². The molecule has 110 valence electrons. The molecular weight excluding hydrogens is 336 g/mol. The Morgan fingerprint density at radius 3 is 2.57 bits per heavy atom. The van der Waals surface area contributed by atoms with Crippen LogP contribution in [0, 0.1) is 0 Å². The molecule has 0 atom stereocenters. The van der Waals surface area contributed by atoms with Crippen LogP contribution in [0.3, 0.4) is 0 Å². The van der Waals surface area contributed by atoms with Gasteiger partial charge in [-0.1, -0.05) is 33.2 Å². The van der Waals surface area contributed by atoms with Gasteiger partial charge >= 0.3 is 0 Å². The van der Waals surface area contributed by atoms with E-state index in [2.05, 4.69) is 21.1 Å². The molecule has 0 heterocycles. The van der Waals surface area contributed by atoms with Gasteiger partial charge in [0.1, 0.15) is 5.75 Å². The summed E-state index contributed by atoms with van der Waals surface area (Å²) in [5.74, 6) is 1.64. The van der Waals surface area contributed by atoms with Crippen molar-refractivity contribution in [1.29, 1.82) is 0 Å². The Morgan fingerprint density at radius 2 is 1.90 bits per heavy atom. The molecule has 2 aromatic carbocycles. The number of nitrogens with two attached hydrogens (primary N) is 1. The number of hydrogen-bond donors (Lipinski definition) is 2. The second kappa shape index (κ2) is 6.99. The number of rotatable bonds is 5. The van der Waals surface area contributed by atoms with Crippen molar-refractivity contribution >= 4 is 21.8 Å². The van der Waals surface area contributed by atoms with Gasteiger partial charge in [0, 0.05) is 4.47 Å². The predicted octanol–water partition coefficient (Wildman–Crippen LogP) is 3.73. The SMILES string of the molecule is CCOc1ccccc1Oc1ccc(Br)cc1/C(N)=N/O. The van der Waals surface area contributed by atoms with Gasteiger partial charge in [0.05, 0.1) is 12.2 Å². The van der Waals surface area contributed by atoms with Crippen molar-refractivity contribution < 1.29 is 14.7 Å². The molecule has 0 unspecified atom stereocenters. The first-order valence-electron chi connectivity index (χ1n) is 6.32. The first-order valence-corrected chi connectivity index (χ1v) is 7.12. The number of hydrogen-bond acceptors (Lipinski definition) is 4. The summed E-state index contributed by atoms with van der Waals surface area (Å²) in [5, 5.41) is 11.9. The summed E-state index contributed by atoms with van der Waals surface area (Å²) in [4.78, 5) is 0. The molecule has 2 rings (SSSR count). The highest BCUT2D eigenvalue weighted by atomic mass is 79.9. The maximum absolute atomic E-state index is 8.88. The average molecular weight is 351 g/mol. The van der Waals surface area contributed by atoms with Gasteiger partial charge in [-0.15, -0.1) is 0 Å². The largest absolute Gasteiger partial charge is 0.490 e. The number of para-hydroxylation sites is 2. The van der Waals surface area contributed by atoms with E-state index in [1.165, 1.54) is 0 Å². The first kappa shape index (κ1) is 15.2. The minimum absolute atomic E-state index is 0.0276. The maximum atomic E-state index is 8.88. The number of halogens is 1. The molecule has 0 saturated heterocycles. The first-order chi connectivity index (χ1) is 10.2. The lowest BCUT2D eigenvalue weighted by molar-refractivity contribution is 0.317. The van der Waals surface area contributed by atoms with E-state index in [-0.39, 0.29) is 5.84 Å². The van der Waals surface area contributed by atoms with Gasteiger partial charge in [-0.3, -0.25) is 0 Å². The summed E-state index contributed by atoms with van der Waals surface area (Å²) in [6, 6.07) is 12.6. The van der Waals surface area contributed by atoms with E-state index >= 15 is 0 Å². The number of amidine groups is 1. The zero-order valence-corrected chi connectivity index (χ0v) is 13.0. The molecule has 0 bridgehead atoms. The van der Waals surface area contributed by atoms with Crippen LogP contribution in [0.1, 0.15) is 12.5 Å². The fraction of sp³-hybridized carbons (Fsp3) is 0.133. The van der Waals surface area contributed by atoms with E-state index in [0.29, 0.717) is 29.4 Å². The number of benzene rings is 2. The molecule has 0 aromatic heterocycles. The predicted molar refractivity (Wildman–Crippen MR) is 84.3 cm³/mol. The van der Waals surface area contributed by atoms with Gasteiger partial charge in [0.25, 0.3) is 0 Å². The fourth-order valence-electron chi connectivity index (χ4n) is 1.77. The van der Waals surface area contributed by atoms with Gasteiger partial charge in [-0.2, -0.15) is 0 Å². The van der Waals surface area contributed by atoms with E-state index in [4.69, 9.17) is 20.4 Å². The normalized spacial score (nSPS) is 11.2. The van der Waals surface area contributed by atoms with Crippen molar-refractivity contribution in [2.24, 2.45) is 10.9 Å². The molecular formula is C15H15BrN2O3. The Balaban J connectivity index is 2.40. The van der Waals surface area contributed by atoms with Crippen LogP contribution in [0.4, 0.5) is 0 Å². The zero-order valence-electron chi connectivity index (χ0n) is 11.4. The Hall–Kier alpha value is -2.21. The van der Waals surface area contributed by atoms with Crippen molar-refractivity contribution in [3.63, 3.8) is 0 Å². The summed E-state index contributed by atoms with van der Waals surface area (Å²) in [7, 11) is 0. The standard InChI is InChI=1S/C15H15BrN2O3/c1-2-20-13-5-3-4-6-14(13)21-12-8-7-10(16)9-11(12)15(17)18-19/h3-9,19H,2H2,1H3,(H2,17,18). The number of oxime groups is 1. The average Bonchev–Trinajstić information content (AvgIpc) is 2.50. The van der Waals surface area contributed by atoms with Crippen LogP contribution >= 0.6 is 15.9 Å². The molecule has 2 aromatic rings. The van der Waals surface area contributed by atoms with Crippen LogP contribution in [-0.2, 0) is 0 Å². The number of nitrogens with zero attached hydrogens (tertiary/aromatic N) is 1. The van der Waals surface area contributed by atoms with Gasteiger partial charge < -0.3 is 20.4 Å². The Kier molecular flexibility index (Phi) is 5.05. The Bertz CT molecular complexity index is 659. The molecule has 0 saturated carbocycles. The quantitative estimate of drug-likeness (QED) is 0.372. The third kappa shape index (κ3) is 3.66. The monoisotopic (exact) mass is 350 g/mol. The molecule has 0 radical (unpaired) electrons. The van der Waals surface area contributed by atoms with Gasteiger partial charge in [0.15, 0.2) is 17.3 Å². The van der Waals surface area contributed by atoms with Gasteiger partial charge in [0.2, 0.25) is 0 Å². The molecule has 5 nitrogen and oxygen atoms in total. The molecule has 3 N–H and O–H groups in total. The molecule has 0 aliphatic carbocycles. The molecule has 0 spiro atoms. The van der Waals surface area contributed by atoms with E-state index < -0.39 is 0 Å². The second-order valence-electron chi connectivity index (χ2n) is 4.11. The van der Waals surface area contributed by atoms with Crippen LogP contribution in [0.15, 0.2) is 52.1 Å². The smallest absolute Gasteiger partial charge is 0.173 e. The lowest BCUT2D eigenvalue weighted by atomic mass is 10.2. The van der Waals surface area contributed by atoms with Crippen LogP contribution in [-0.4, -0.2) is 17.6 Å². The van der Waals surface area contributed by atoms with E-state index in [9.17, 15) is 0 Å². The summed E-state index contributed by atoms with van der Waals surface area (Å²) in [5.41, 5.74) is 6.17. The van der Waals surface area contributed by atoms with Crippen molar-refractivity contribution in [3.8, 4) is 17.2 Å². The molecule has 0 amide bonds. The molecule has 21 heavy (non-hydrogen) atoms. The van der Waals surface area contributed by atoms with Crippen molar-refractivity contribution in [1.82, 2.24) is 0 Å². The fourth-order valence-corrected chi connectivity index (χ4v) is 2.13. The summed E-state index contributed by atoms with van der Waals surface area (Å²) >= 11 is 3.35. The lowest BCUT2D eigenvalue weighted by Gasteiger charge is -2.14. The third-order valence-corrected chi connectivity index (χ3v) is 3.19. The molecule has 0 aliphatic heterocycles. The van der Waals surface area contributed by atoms with Crippen LogP contribution in [0.5, 0.6) is 17.2 Å². The number of ether oxygens (including phenoxy) is 2. The van der Waals surface area contributed by atoms with Crippen LogP contribution in [0.25, 0.3) is 0 Å². The van der Waals surface area contributed by atoms with E-state index in [1.807, 2.05) is 31.2 Å². The lowest BCUT2D eigenvalue weighted by Crippen LogP contribution is -2.14. The van der Waals surface area contributed by atoms with Gasteiger partial charge in [-0.25, -0.2) is 0 Å². The summed E-state index contributed by atoms with van der Waals surface area (Å²) in [6.07, 6.45) is 0. The third-order valence-electron chi connectivity index (χ3n) is 2.69. The minimum Gasteiger partial charge on any atom is -0.490 e. The minimum atomic E-state index is -0.0276. The highest BCUT2D eigenvalue weighted by Gasteiger charge is 2.12. The molecule has 6 heteroatoms. The Morgan fingerprint density at radius 1 is 1.19 bits per heavy atom. The highest BCUT2D eigenvalue weighted by molar-refractivity contribution is 9.10. The topological polar surface area (TPSA) is 77.1 Å². The maximum Gasteiger partial charge on any atom is 0.173 e. The van der Waals surface area contributed by atoms with E-state index in [1.54, 1.807) is 18.2 Å². The van der Waals surface area contributed by atoms with E-state index in [0.717, 1.165) is 4.47 Å². The van der Waals surface area contributed by atoms with Crippen molar-refractivity contribution in [3.05, 3.63) is 52.5 Å². The molecule has 0 aliphatic rings. The Labute approximate surface area is 131 Å². The highest BCUT2D eigenvalue weighted by Crippen LogP contribution is 2.34. The van der Waals surface area contributed by atoms with Crippen molar-refractivity contribution in [2.45, 2.75) is 6.92 Å². The van der Waals surface area contributed by atoms with Crippen LogP contribution < -0.4 is 15.2 Å². The second-order valence-corrected chi connectivity index (χ2v) is 5.02. The van der Waals surface area contributed by atoms with Gasteiger partial charge in [-0.05, 0) is 37.3 Å².